The van der Waals surface area contributed by atoms with Gasteiger partial charge in [-0.15, -0.1) is 0 Å². The first-order chi connectivity index (χ1) is 8.63. The minimum Gasteiger partial charge on any atom is -0.490 e. The molecule has 0 aliphatic heterocycles. The number of hydrogen-bond donors (Lipinski definition) is 2. The van der Waals surface area contributed by atoms with Crippen molar-refractivity contribution in [2.45, 2.75) is 32.9 Å². The number of carbonyl (C=O) groups excluding carboxylic acids is 1. The molecular weight excluding hydrogens is 232 g/mol. The molecule has 0 aliphatic carbocycles. The molecule has 0 heterocycles. The molecule has 1 amide bonds. The normalized spacial score (nSPS) is 11.9. The van der Waals surface area contributed by atoms with E-state index in [0.29, 0.717) is 31.1 Å². The number of carbonyl (C=O) groups is 1. The SMILES string of the molecule is CCOc1cccc(CN)c1OC(CC)C(N)=O. The quantitative estimate of drug-likeness (QED) is 0.763. The lowest BCUT2D eigenvalue weighted by atomic mass is 10.1. The zero-order chi connectivity index (χ0) is 13.5. The lowest BCUT2D eigenvalue weighted by Gasteiger charge is -2.19. The second-order valence-electron chi connectivity index (χ2n) is 3.80. The Labute approximate surface area is 107 Å². The van der Waals surface area contributed by atoms with Gasteiger partial charge in [0.1, 0.15) is 0 Å². The number of nitrogens with two attached hydrogens (primary N) is 2. The van der Waals surface area contributed by atoms with E-state index in [1.807, 2.05) is 26.0 Å². The van der Waals surface area contributed by atoms with Crippen LogP contribution in [0.1, 0.15) is 25.8 Å². The summed E-state index contributed by atoms with van der Waals surface area (Å²) in [6.45, 7) is 4.54. The lowest BCUT2D eigenvalue weighted by Crippen LogP contribution is -2.33. The molecular formula is C13H20N2O3. The minimum absolute atomic E-state index is 0.311. The van der Waals surface area contributed by atoms with Crippen molar-refractivity contribution < 1.29 is 14.3 Å². The Morgan fingerprint density at radius 2 is 2.11 bits per heavy atom. The van der Waals surface area contributed by atoms with Gasteiger partial charge in [-0.1, -0.05) is 19.1 Å². The average Bonchev–Trinajstić information content (AvgIpc) is 2.36. The summed E-state index contributed by atoms with van der Waals surface area (Å²) in [6, 6.07) is 5.46. The Balaban J connectivity index is 3.06. The summed E-state index contributed by atoms with van der Waals surface area (Å²) in [4.78, 5) is 11.2. The number of hydrogen-bond acceptors (Lipinski definition) is 4. The third kappa shape index (κ3) is 3.37. The van der Waals surface area contributed by atoms with E-state index in [4.69, 9.17) is 20.9 Å². The lowest BCUT2D eigenvalue weighted by molar-refractivity contribution is -0.124. The molecule has 5 nitrogen and oxygen atoms in total. The summed E-state index contributed by atoms with van der Waals surface area (Å²) in [5.74, 6) is 0.597. The highest BCUT2D eigenvalue weighted by Crippen LogP contribution is 2.32. The van der Waals surface area contributed by atoms with Crippen LogP contribution in [0, 0.1) is 0 Å². The van der Waals surface area contributed by atoms with Gasteiger partial charge < -0.3 is 20.9 Å². The van der Waals surface area contributed by atoms with Gasteiger partial charge in [-0.3, -0.25) is 4.79 Å². The van der Waals surface area contributed by atoms with Crippen molar-refractivity contribution >= 4 is 5.91 Å². The molecule has 1 atom stereocenters. The zero-order valence-electron chi connectivity index (χ0n) is 10.8. The minimum atomic E-state index is -0.670. The molecule has 1 rings (SSSR count). The number of ether oxygens (including phenoxy) is 2. The number of amides is 1. The molecule has 5 heteroatoms. The third-order valence-electron chi connectivity index (χ3n) is 2.53. The van der Waals surface area contributed by atoms with E-state index in [2.05, 4.69) is 0 Å². The first kappa shape index (κ1) is 14.3. The van der Waals surface area contributed by atoms with Gasteiger partial charge in [0, 0.05) is 12.1 Å². The van der Waals surface area contributed by atoms with Gasteiger partial charge in [0.2, 0.25) is 0 Å². The van der Waals surface area contributed by atoms with Gasteiger partial charge in [-0.25, -0.2) is 0 Å². The Morgan fingerprint density at radius 3 is 2.61 bits per heavy atom. The van der Waals surface area contributed by atoms with Crippen LogP contribution in [0.25, 0.3) is 0 Å². The maximum atomic E-state index is 11.2. The van der Waals surface area contributed by atoms with Crippen molar-refractivity contribution in [2.24, 2.45) is 11.5 Å². The fourth-order valence-corrected chi connectivity index (χ4v) is 1.61. The van der Waals surface area contributed by atoms with Gasteiger partial charge in [-0.05, 0) is 19.4 Å². The van der Waals surface area contributed by atoms with E-state index in [0.717, 1.165) is 5.56 Å². The van der Waals surface area contributed by atoms with Crippen molar-refractivity contribution in [2.75, 3.05) is 6.61 Å². The summed E-state index contributed by atoms with van der Waals surface area (Å²) in [5, 5.41) is 0. The van der Waals surface area contributed by atoms with Crippen LogP contribution in [0.2, 0.25) is 0 Å². The monoisotopic (exact) mass is 252 g/mol. The van der Waals surface area contributed by atoms with Crippen molar-refractivity contribution in [3.05, 3.63) is 23.8 Å². The van der Waals surface area contributed by atoms with Crippen LogP contribution in [0.15, 0.2) is 18.2 Å². The predicted molar refractivity (Wildman–Crippen MR) is 69.4 cm³/mol. The summed E-state index contributed by atoms with van der Waals surface area (Å²) in [7, 11) is 0. The Morgan fingerprint density at radius 1 is 1.39 bits per heavy atom. The number of para-hydroxylation sites is 1. The Bertz CT molecular complexity index is 407. The van der Waals surface area contributed by atoms with E-state index >= 15 is 0 Å². The molecule has 100 valence electrons. The van der Waals surface area contributed by atoms with Crippen LogP contribution in [0.3, 0.4) is 0 Å². The molecule has 0 bridgehead atoms. The summed E-state index contributed by atoms with van der Waals surface area (Å²) >= 11 is 0. The fourth-order valence-electron chi connectivity index (χ4n) is 1.61. The van der Waals surface area contributed by atoms with Crippen LogP contribution in [0.5, 0.6) is 11.5 Å². The molecule has 0 fully saturated rings. The highest BCUT2D eigenvalue weighted by Gasteiger charge is 2.19. The van der Waals surface area contributed by atoms with Crippen molar-refractivity contribution in [3.63, 3.8) is 0 Å². The van der Waals surface area contributed by atoms with Crippen LogP contribution < -0.4 is 20.9 Å². The molecule has 1 aromatic carbocycles. The highest BCUT2D eigenvalue weighted by molar-refractivity contribution is 5.79. The van der Waals surface area contributed by atoms with Crippen LogP contribution in [0.4, 0.5) is 0 Å². The largest absolute Gasteiger partial charge is 0.490 e. The highest BCUT2D eigenvalue weighted by atomic mass is 16.5. The first-order valence-electron chi connectivity index (χ1n) is 6.04. The maximum absolute atomic E-state index is 11.2. The second-order valence-corrected chi connectivity index (χ2v) is 3.80. The average molecular weight is 252 g/mol. The van der Waals surface area contributed by atoms with Crippen molar-refractivity contribution in [1.82, 2.24) is 0 Å². The molecule has 18 heavy (non-hydrogen) atoms. The summed E-state index contributed by atoms with van der Waals surface area (Å²) in [5.41, 5.74) is 11.7. The Kier molecular flexibility index (Phi) is 5.45. The first-order valence-corrected chi connectivity index (χ1v) is 6.04. The van der Waals surface area contributed by atoms with E-state index < -0.39 is 12.0 Å². The molecule has 1 aromatic rings. The van der Waals surface area contributed by atoms with Gasteiger partial charge >= 0.3 is 0 Å². The Hall–Kier alpha value is -1.75. The van der Waals surface area contributed by atoms with E-state index in [9.17, 15) is 4.79 Å². The summed E-state index contributed by atoms with van der Waals surface area (Å²) in [6.07, 6.45) is -0.170. The molecule has 4 N–H and O–H groups in total. The molecule has 0 spiro atoms. The topological polar surface area (TPSA) is 87.6 Å². The van der Waals surface area contributed by atoms with Crippen molar-refractivity contribution in [1.29, 1.82) is 0 Å². The molecule has 1 unspecified atom stereocenters. The zero-order valence-corrected chi connectivity index (χ0v) is 10.8. The molecule has 0 aromatic heterocycles. The van der Waals surface area contributed by atoms with Crippen LogP contribution in [-0.4, -0.2) is 18.6 Å². The number of rotatable bonds is 7. The van der Waals surface area contributed by atoms with Gasteiger partial charge in [0.25, 0.3) is 5.91 Å². The second kappa shape index (κ2) is 6.86. The molecule has 0 saturated carbocycles. The van der Waals surface area contributed by atoms with E-state index in [-0.39, 0.29) is 0 Å². The van der Waals surface area contributed by atoms with Gasteiger partial charge in [0.15, 0.2) is 17.6 Å². The number of primary amides is 1. The van der Waals surface area contributed by atoms with Crippen molar-refractivity contribution in [3.8, 4) is 11.5 Å². The maximum Gasteiger partial charge on any atom is 0.258 e. The smallest absolute Gasteiger partial charge is 0.258 e. The van der Waals surface area contributed by atoms with Crippen LogP contribution in [-0.2, 0) is 11.3 Å². The number of benzene rings is 1. The molecule has 0 aliphatic rings. The molecule has 0 saturated heterocycles. The summed E-state index contributed by atoms with van der Waals surface area (Å²) < 4.78 is 11.1. The van der Waals surface area contributed by atoms with Gasteiger partial charge in [-0.2, -0.15) is 0 Å². The fraction of sp³-hybridized carbons (Fsp3) is 0.462. The van der Waals surface area contributed by atoms with Crippen LogP contribution >= 0.6 is 0 Å². The van der Waals surface area contributed by atoms with E-state index in [1.165, 1.54) is 0 Å². The standard InChI is InChI=1S/C13H20N2O3/c1-3-10(13(15)16)18-12-9(8-14)6-5-7-11(12)17-4-2/h5-7,10H,3-4,8,14H2,1-2H3,(H2,15,16). The molecule has 0 radical (unpaired) electrons. The predicted octanol–water partition coefficient (Wildman–Crippen LogP) is 1.19. The van der Waals surface area contributed by atoms with E-state index in [1.54, 1.807) is 6.07 Å². The van der Waals surface area contributed by atoms with Gasteiger partial charge in [0.05, 0.1) is 6.61 Å². The third-order valence-corrected chi connectivity index (χ3v) is 2.53.